The van der Waals surface area contributed by atoms with Crippen LogP contribution in [0.3, 0.4) is 0 Å². The van der Waals surface area contributed by atoms with Gasteiger partial charge in [0.15, 0.2) is 0 Å². The lowest BCUT2D eigenvalue weighted by molar-refractivity contribution is 0.380. The molecule has 0 saturated heterocycles. The monoisotopic (exact) mass is 268 g/mol. The van der Waals surface area contributed by atoms with E-state index in [2.05, 4.69) is 25.9 Å². The van der Waals surface area contributed by atoms with Crippen LogP contribution in [0.5, 0.6) is 11.8 Å². The zero-order valence-corrected chi connectivity index (χ0v) is 9.91. The maximum absolute atomic E-state index is 5.23. The van der Waals surface area contributed by atoms with Crippen molar-refractivity contribution in [3.05, 3.63) is 22.8 Å². The molecule has 0 bridgehead atoms. The average molecular weight is 269 g/mol. The number of ether oxygens (including phenoxy) is 2. The van der Waals surface area contributed by atoms with Gasteiger partial charge in [-0.05, 0) is 12.1 Å². The van der Waals surface area contributed by atoms with E-state index in [1.165, 1.54) is 7.11 Å². The minimum absolute atomic E-state index is 0.336. The Labute approximate surface area is 95.4 Å². The van der Waals surface area contributed by atoms with Gasteiger partial charge in [0.1, 0.15) is 11.3 Å². The van der Waals surface area contributed by atoms with Crippen molar-refractivity contribution in [2.24, 2.45) is 0 Å². The molecule has 0 saturated carbocycles. The van der Waals surface area contributed by atoms with E-state index >= 15 is 0 Å². The molecule has 0 unspecified atom stereocenters. The Balaban J connectivity index is 2.73. The Morgan fingerprint density at radius 2 is 2.00 bits per heavy atom. The number of hydrogen-bond donors (Lipinski definition) is 0. The number of fused-ring (bicyclic) bond motifs is 1. The summed E-state index contributed by atoms with van der Waals surface area (Å²) in [6.07, 6.45) is 1.70. The van der Waals surface area contributed by atoms with Gasteiger partial charge >= 0.3 is 6.01 Å². The van der Waals surface area contributed by atoms with Crippen LogP contribution >= 0.6 is 15.9 Å². The number of nitrogens with zero attached hydrogens (tertiary/aromatic N) is 2. The number of methoxy groups -OCH3 is 2. The van der Waals surface area contributed by atoms with Crippen LogP contribution in [0, 0.1) is 0 Å². The fraction of sp³-hybridized carbons (Fsp3) is 0.200. The Morgan fingerprint density at radius 3 is 2.67 bits per heavy atom. The third kappa shape index (κ3) is 1.87. The highest BCUT2D eigenvalue weighted by Crippen LogP contribution is 2.28. The lowest BCUT2D eigenvalue weighted by atomic mass is 10.2. The van der Waals surface area contributed by atoms with Crippen LogP contribution < -0.4 is 9.47 Å². The molecule has 1 aromatic carbocycles. The van der Waals surface area contributed by atoms with Crippen molar-refractivity contribution in [1.82, 2.24) is 9.97 Å². The van der Waals surface area contributed by atoms with Crippen LogP contribution in [0.25, 0.3) is 10.9 Å². The Bertz CT molecular complexity index is 502. The molecule has 1 heterocycles. The molecule has 4 nitrogen and oxygen atoms in total. The number of halogens is 1. The van der Waals surface area contributed by atoms with E-state index in [0.29, 0.717) is 11.8 Å². The molecule has 15 heavy (non-hydrogen) atoms. The summed E-state index contributed by atoms with van der Waals surface area (Å²) in [5.41, 5.74) is 0.743. The third-order valence-corrected chi connectivity index (χ3v) is 2.45. The fourth-order valence-electron chi connectivity index (χ4n) is 1.32. The number of aromatic nitrogens is 2. The van der Waals surface area contributed by atoms with Crippen LogP contribution in [-0.2, 0) is 0 Å². The van der Waals surface area contributed by atoms with Gasteiger partial charge in [-0.2, -0.15) is 4.98 Å². The molecule has 2 aromatic rings. The van der Waals surface area contributed by atoms with E-state index in [-0.39, 0.29) is 0 Å². The van der Waals surface area contributed by atoms with Crippen LogP contribution in [0.2, 0.25) is 0 Å². The molecule has 0 radical (unpaired) electrons. The van der Waals surface area contributed by atoms with Gasteiger partial charge in [-0.15, -0.1) is 0 Å². The van der Waals surface area contributed by atoms with Crippen molar-refractivity contribution >= 4 is 26.8 Å². The van der Waals surface area contributed by atoms with Gasteiger partial charge in [0.2, 0.25) is 0 Å². The summed E-state index contributed by atoms with van der Waals surface area (Å²) >= 11 is 3.39. The summed E-state index contributed by atoms with van der Waals surface area (Å²) < 4.78 is 11.1. The quantitative estimate of drug-likeness (QED) is 0.839. The molecule has 0 atom stereocenters. The summed E-state index contributed by atoms with van der Waals surface area (Å²) in [6.45, 7) is 0. The molecule has 78 valence electrons. The summed E-state index contributed by atoms with van der Waals surface area (Å²) in [7, 11) is 3.14. The minimum atomic E-state index is 0.336. The smallest absolute Gasteiger partial charge is 0.316 e. The third-order valence-electron chi connectivity index (χ3n) is 1.99. The Morgan fingerprint density at radius 1 is 1.20 bits per heavy atom. The van der Waals surface area contributed by atoms with Crippen LogP contribution in [0.15, 0.2) is 22.8 Å². The van der Waals surface area contributed by atoms with Gasteiger partial charge in [0.05, 0.1) is 14.2 Å². The molecule has 0 fully saturated rings. The van der Waals surface area contributed by atoms with Gasteiger partial charge in [0, 0.05) is 16.1 Å². The largest absolute Gasteiger partial charge is 0.494 e. The lowest BCUT2D eigenvalue weighted by Crippen LogP contribution is -1.94. The molecular weight excluding hydrogens is 260 g/mol. The Kier molecular flexibility index (Phi) is 2.73. The maximum atomic E-state index is 5.23. The normalized spacial score (nSPS) is 10.3. The van der Waals surface area contributed by atoms with Crippen molar-refractivity contribution in [3.8, 4) is 11.8 Å². The molecular formula is C10H9BrN2O2. The molecule has 5 heteroatoms. The zero-order valence-electron chi connectivity index (χ0n) is 8.32. The first-order chi connectivity index (χ1) is 7.24. The van der Waals surface area contributed by atoms with Gasteiger partial charge in [-0.1, -0.05) is 15.9 Å². The van der Waals surface area contributed by atoms with E-state index in [1.54, 1.807) is 13.3 Å². The second-order valence-electron chi connectivity index (χ2n) is 2.90. The summed E-state index contributed by atoms with van der Waals surface area (Å²) in [4.78, 5) is 8.26. The molecule has 0 aliphatic carbocycles. The second kappa shape index (κ2) is 4.02. The summed E-state index contributed by atoms with van der Waals surface area (Å²) in [6, 6.07) is 4.12. The van der Waals surface area contributed by atoms with E-state index in [9.17, 15) is 0 Å². The standard InChI is InChI=1S/C10H9BrN2O2/c1-14-8-4-7(11)3-6-5-12-10(15-2)13-9(6)8/h3-5H,1-2H3. The summed E-state index contributed by atoms with van der Waals surface area (Å²) in [5.74, 6) is 0.695. The Hall–Kier alpha value is -1.36. The highest BCUT2D eigenvalue weighted by molar-refractivity contribution is 9.10. The highest BCUT2D eigenvalue weighted by Gasteiger charge is 2.07. The lowest BCUT2D eigenvalue weighted by Gasteiger charge is -2.06. The number of hydrogen-bond acceptors (Lipinski definition) is 4. The topological polar surface area (TPSA) is 44.2 Å². The molecule has 1 aromatic heterocycles. The second-order valence-corrected chi connectivity index (χ2v) is 3.82. The van der Waals surface area contributed by atoms with Crippen molar-refractivity contribution < 1.29 is 9.47 Å². The van der Waals surface area contributed by atoms with Gasteiger partial charge < -0.3 is 9.47 Å². The molecule has 0 spiro atoms. The number of rotatable bonds is 2. The predicted molar refractivity (Wildman–Crippen MR) is 60.3 cm³/mol. The van der Waals surface area contributed by atoms with E-state index in [4.69, 9.17) is 9.47 Å². The maximum Gasteiger partial charge on any atom is 0.316 e. The van der Waals surface area contributed by atoms with Crippen LogP contribution in [0.1, 0.15) is 0 Å². The van der Waals surface area contributed by atoms with Crippen molar-refractivity contribution in [1.29, 1.82) is 0 Å². The molecule has 0 N–H and O–H groups in total. The molecule has 0 aliphatic rings. The van der Waals surface area contributed by atoms with E-state index in [0.717, 1.165) is 15.4 Å². The zero-order chi connectivity index (χ0) is 10.8. The van der Waals surface area contributed by atoms with Gasteiger partial charge in [-0.25, -0.2) is 4.98 Å². The number of benzene rings is 1. The average Bonchev–Trinajstić information content (AvgIpc) is 2.27. The molecule has 2 rings (SSSR count). The highest BCUT2D eigenvalue weighted by atomic mass is 79.9. The molecule has 0 aliphatic heterocycles. The predicted octanol–water partition coefficient (Wildman–Crippen LogP) is 2.41. The first kappa shape index (κ1) is 10.2. The van der Waals surface area contributed by atoms with E-state index in [1.807, 2.05) is 12.1 Å². The van der Waals surface area contributed by atoms with Gasteiger partial charge in [0.25, 0.3) is 0 Å². The fourth-order valence-corrected chi connectivity index (χ4v) is 1.77. The SMILES string of the molecule is COc1ncc2cc(Br)cc(OC)c2n1. The van der Waals surface area contributed by atoms with Crippen molar-refractivity contribution in [2.45, 2.75) is 0 Å². The summed E-state index contributed by atoms with van der Waals surface area (Å²) in [5, 5.41) is 0.905. The van der Waals surface area contributed by atoms with Crippen molar-refractivity contribution in [2.75, 3.05) is 14.2 Å². The van der Waals surface area contributed by atoms with Gasteiger partial charge in [-0.3, -0.25) is 0 Å². The minimum Gasteiger partial charge on any atom is -0.494 e. The molecule has 0 amide bonds. The van der Waals surface area contributed by atoms with Crippen molar-refractivity contribution in [3.63, 3.8) is 0 Å². The van der Waals surface area contributed by atoms with Crippen LogP contribution in [-0.4, -0.2) is 24.2 Å². The first-order valence-corrected chi connectivity index (χ1v) is 5.08. The first-order valence-electron chi connectivity index (χ1n) is 4.29. The van der Waals surface area contributed by atoms with E-state index < -0.39 is 0 Å². The van der Waals surface area contributed by atoms with Crippen LogP contribution in [0.4, 0.5) is 0 Å².